The Balaban J connectivity index is 2.85. The Bertz CT molecular complexity index is 391. The first-order valence-corrected chi connectivity index (χ1v) is 4.08. The first kappa shape index (κ1) is 10.2. The molecule has 0 aliphatic rings. The molecule has 0 aliphatic carbocycles. The molecule has 0 unspecified atom stereocenters. The fourth-order valence-corrected chi connectivity index (χ4v) is 0.847. The Morgan fingerprint density at radius 3 is 3.07 bits per heavy atom. The van der Waals surface area contributed by atoms with Crippen LogP contribution in [-0.2, 0) is 0 Å². The van der Waals surface area contributed by atoms with Gasteiger partial charge < -0.3 is 10.4 Å². The summed E-state index contributed by atoms with van der Waals surface area (Å²) in [6.45, 7) is 0.555. The summed E-state index contributed by atoms with van der Waals surface area (Å²) < 4.78 is 0. The minimum Gasteiger partial charge on any atom is -0.477 e. The van der Waals surface area contributed by atoms with Gasteiger partial charge in [0.25, 0.3) is 0 Å². The van der Waals surface area contributed by atoms with Gasteiger partial charge in [-0.05, 0) is 25.1 Å². The van der Waals surface area contributed by atoms with Crippen LogP contribution in [0.2, 0.25) is 0 Å². The van der Waals surface area contributed by atoms with Crippen LogP contribution < -0.4 is 5.32 Å². The lowest BCUT2D eigenvalue weighted by molar-refractivity contribution is 0.0690. The molecule has 0 amide bonds. The van der Waals surface area contributed by atoms with Gasteiger partial charge in [-0.2, -0.15) is 0 Å². The summed E-state index contributed by atoms with van der Waals surface area (Å²) in [5.41, 5.74) is 0.487. The predicted molar refractivity (Wildman–Crippen MR) is 52.0 cm³/mol. The molecule has 72 valence electrons. The second kappa shape index (κ2) is 5.00. The molecule has 4 nitrogen and oxygen atoms in total. The van der Waals surface area contributed by atoms with Crippen LogP contribution >= 0.6 is 0 Å². The third-order valence-corrected chi connectivity index (χ3v) is 1.45. The number of nitrogens with zero attached hydrogens (tertiary/aromatic N) is 1. The molecule has 1 aromatic rings. The minimum atomic E-state index is -1.04. The van der Waals surface area contributed by atoms with E-state index in [0.717, 1.165) is 0 Å². The fourth-order valence-electron chi connectivity index (χ4n) is 0.847. The molecule has 1 rings (SSSR count). The number of carboxylic acids is 1. The fraction of sp³-hybridized carbons (Fsp3) is 0.200. The lowest BCUT2D eigenvalue weighted by Crippen LogP contribution is -2.05. The standard InChI is InChI=1S/C10H10N2O2/c1-11-7-3-5-8-4-2-6-9(12-8)10(13)14/h2,4,6,11H,7H2,1H3,(H,13,14). The molecule has 14 heavy (non-hydrogen) atoms. The lowest BCUT2D eigenvalue weighted by Gasteiger charge is -1.93. The summed E-state index contributed by atoms with van der Waals surface area (Å²) in [6, 6.07) is 4.74. The Morgan fingerprint density at radius 2 is 2.43 bits per heavy atom. The van der Waals surface area contributed by atoms with Gasteiger partial charge in [0.2, 0.25) is 0 Å². The summed E-state index contributed by atoms with van der Waals surface area (Å²) in [7, 11) is 1.79. The number of carbonyl (C=O) groups is 1. The average Bonchev–Trinajstić information content (AvgIpc) is 2.19. The zero-order valence-electron chi connectivity index (χ0n) is 7.74. The van der Waals surface area contributed by atoms with E-state index in [0.29, 0.717) is 12.2 Å². The van der Waals surface area contributed by atoms with Crippen molar-refractivity contribution in [1.29, 1.82) is 0 Å². The molecule has 4 heteroatoms. The van der Waals surface area contributed by atoms with Crippen LogP contribution in [0.5, 0.6) is 0 Å². The van der Waals surface area contributed by atoms with Crippen LogP contribution in [0.15, 0.2) is 18.2 Å². The second-order valence-electron chi connectivity index (χ2n) is 2.55. The van der Waals surface area contributed by atoms with Crippen molar-refractivity contribution in [2.45, 2.75) is 0 Å². The normalized spacial score (nSPS) is 8.93. The molecule has 0 aromatic carbocycles. The Hall–Kier alpha value is -1.86. The molecule has 2 N–H and O–H groups in total. The zero-order valence-corrected chi connectivity index (χ0v) is 7.74. The van der Waals surface area contributed by atoms with Crippen molar-refractivity contribution in [2.75, 3.05) is 13.6 Å². The van der Waals surface area contributed by atoms with E-state index in [1.807, 2.05) is 0 Å². The molecule has 0 spiro atoms. The van der Waals surface area contributed by atoms with Crippen molar-refractivity contribution in [3.8, 4) is 11.8 Å². The van der Waals surface area contributed by atoms with E-state index in [-0.39, 0.29) is 5.69 Å². The maximum atomic E-state index is 10.6. The molecule has 0 radical (unpaired) electrons. The number of rotatable bonds is 2. The highest BCUT2D eigenvalue weighted by Crippen LogP contribution is 1.97. The topological polar surface area (TPSA) is 62.2 Å². The van der Waals surface area contributed by atoms with Gasteiger partial charge >= 0.3 is 5.97 Å². The van der Waals surface area contributed by atoms with Gasteiger partial charge in [0.15, 0.2) is 0 Å². The third kappa shape index (κ3) is 2.88. The number of aromatic nitrogens is 1. The van der Waals surface area contributed by atoms with E-state index < -0.39 is 5.97 Å². The van der Waals surface area contributed by atoms with E-state index in [9.17, 15) is 4.79 Å². The first-order chi connectivity index (χ1) is 6.74. The minimum absolute atomic E-state index is 0.0151. The van der Waals surface area contributed by atoms with Crippen LogP contribution in [0.3, 0.4) is 0 Å². The number of pyridine rings is 1. The van der Waals surface area contributed by atoms with E-state index in [1.54, 1.807) is 19.2 Å². The van der Waals surface area contributed by atoms with Gasteiger partial charge in [0.05, 0.1) is 6.54 Å². The maximum Gasteiger partial charge on any atom is 0.354 e. The quantitative estimate of drug-likeness (QED) is 0.660. The highest BCUT2D eigenvalue weighted by Gasteiger charge is 2.02. The van der Waals surface area contributed by atoms with E-state index in [2.05, 4.69) is 22.1 Å². The van der Waals surface area contributed by atoms with E-state index >= 15 is 0 Å². The summed E-state index contributed by atoms with van der Waals surface area (Å²) >= 11 is 0. The number of hydrogen-bond donors (Lipinski definition) is 2. The van der Waals surface area contributed by atoms with E-state index in [1.165, 1.54) is 6.07 Å². The van der Waals surface area contributed by atoms with Crippen molar-refractivity contribution in [1.82, 2.24) is 10.3 Å². The first-order valence-electron chi connectivity index (χ1n) is 4.08. The van der Waals surface area contributed by atoms with Crippen molar-refractivity contribution >= 4 is 5.97 Å². The molecule has 0 aliphatic heterocycles. The predicted octanol–water partition coefficient (Wildman–Crippen LogP) is 0.351. The second-order valence-corrected chi connectivity index (χ2v) is 2.55. The van der Waals surface area contributed by atoms with Crippen molar-refractivity contribution in [3.63, 3.8) is 0 Å². The van der Waals surface area contributed by atoms with Crippen LogP contribution in [0, 0.1) is 11.8 Å². The van der Waals surface area contributed by atoms with E-state index in [4.69, 9.17) is 5.11 Å². The summed E-state index contributed by atoms with van der Waals surface area (Å²) in [4.78, 5) is 14.4. The zero-order chi connectivity index (χ0) is 10.4. The number of aromatic carboxylic acids is 1. The molecule has 0 saturated carbocycles. The van der Waals surface area contributed by atoms with Crippen molar-refractivity contribution in [2.24, 2.45) is 0 Å². The molecule has 0 fully saturated rings. The van der Waals surface area contributed by atoms with Gasteiger partial charge in [0.1, 0.15) is 11.4 Å². The average molecular weight is 190 g/mol. The largest absolute Gasteiger partial charge is 0.477 e. The molecule has 0 saturated heterocycles. The molecule has 1 aromatic heterocycles. The Labute approximate surface area is 82.0 Å². The van der Waals surface area contributed by atoms with Crippen molar-refractivity contribution in [3.05, 3.63) is 29.6 Å². The number of carboxylic acid groups (broad SMARTS) is 1. The molecule has 0 atom stereocenters. The Kier molecular flexibility index (Phi) is 3.65. The third-order valence-electron chi connectivity index (χ3n) is 1.45. The lowest BCUT2D eigenvalue weighted by atomic mass is 10.3. The number of hydrogen-bond acceptors (Lipinski definition) is 3. The summed E-state index contributed by atoms with van der Waals surface area (Å²) in [5.74, 6) is 4.52. The van der Waals surface area contributed by atoms with Crippen molar-refractivity contribution < 1.29 is 9.90 Å². The molecule has 0 bridgehead atoms. The van der Waals surface area contributed by atoms with Crippen LogP contribution in [0.4, 0.5) is 0 Å². The van der Waals surface area contributed by atoms with Crippen LogP contribution in [0.1, 0.15) is 16.2 Å². The highest BCUT2D eigenvalue weighted by atomic mass is 16.4. The summed E-state index contributed by atoms with van der Waals surface area (Å²) in [5, 5.41) is 11.5. The highest BCUT2D eigenvalue weighted by molar-refractivity contribution is 5.85. The van der Waals surface area contributed by atoms with Gasteiger partial charge in [-0.15, -0.1) is 0 Å². The molecular formula is C10H10N2O2. The van der Waals surface area contributed by atoms with Crippen LogP contribution in [0.25, 0.3) is 0 Å². The maximum absolute atomic E-state index is 10.6. The smallest absolute Gasteiger partial charge is 0.354 e. The van der Waals surface area contributed by atoms with Gasteiger partial charge in [-0.1, -0.05) is 12.0 Å². The molecule has 1 heterocycles. The SMILES string of the molecule is CNCC#Cc1cccc(C(=O)O)n1. The summed E-state index contributed by atoms with van der Waals surface area (Å²) in [6.07, 6.45) is 0. The Morgan fingerprint density at radius 1 is 1.64 bits per heavy atom. The van der Waals surface area contributed by atoms with Gasteiger partial charge in [0, 0.05) is 0 Å². The van der Waals surface area contributed by atoms with Gasteiger partial charge in [-0.25, -0.2) is 9.78 Å². The monoisotopic (exact) mass is 190 g/mol. The molecular weight excluding hydrogens is 180 g/mol. The van der Waals surface area contributed by atoms with Crippen LogP contribution in [-0.4, -0.2) is 29.7 Å². The van der Waals surface area contributed by atoms with Gasteiger partial charge in [-0.3, -0.25) is 0 Å². The number of nitrogens with one attached hydrogen (secondary N) is 1.